The molecule has 0 atom stereocenters. The Bertz CT molecular complexity index is 1280. The van der Waals surface area contributed by atoms with Crippen molar-refractivity contribution < 1.29 is 9.18 Å². The molecule has 1 amide bonds. The molecule has 4 aromatic rings. The highest BCUT2D eigenvalue weighted by atomic mass is 32.2. The summed E-state index contributed by atoms with van der Waals surface area (Å²) in [7, 11) is 0. The number of carbonyl (C=O) groups excluding carboxylic acids is 1. The Hall–Kier alpha value is -3.71. The molecule has 0 fully saturated rings. The minimum absolute atomic E-state index is 0.196. The van der Waals surface area contributed by atoms with Crippen molar-refractivity contribution >= 4 is 17.7 Å². The number of halogens is 1. The second kappa shape index (κ2) is 9.62. The molecule has 0 saturated carbocycles. The second-order valence-electron chi connectivity index (χ2n) is 7.19. The van der Waals surface area contributed by atoms with Gasteiger partial charge in [-0.1, -0.05) is 41.6 Å². The number of benzene rings is 3. The summed E-state index contributed by atoms with van der Waals surface area (Å²) in [5, 5.41) is 7.88. The highest BCUT2D eigenvalue weighted by molar-refractivity contribution is 7.99. The Morgan fingerprint density at radius 2 is 1.62 bits per heavy atom. The average Bonchev–Trinajstić information content (AvgIpc) is 2.81. The summed E-state index contributed by atoms with van der Waals surface area (Å²) in [5.74, 6) is -0.506. The quantitative estimate of drug-likeness (QED) is 0.465. The van der Waals surface area contributed by atoms with E-state index in [-0.39, 0.29) is 17.3 Å². The third-order valence-corrected chi connectivity index (χ3v) is 5.69. The Morgan fingerprint density at radius 1 is 0.938 bits per heavy atom. The van der Waals surface area contributed by atoms with Gasteiger partial charge in [0.05, 0.1) is 5.69 Å². The lowest BCUT2D eigenvalue weighted by Gasteiger charge is -2.09. The van der Waals surface area contributed by atoms with E-state index in [4.69, 9.17) is 0 Å². The molecule has 0 aliphatic rings. The van der Waals surface area contributed by atoms with Crippen LogP contribution in [0.4, 0.5) is 4.39 Å². The van der Waals surface area contributed by atoms with E-state index in [1.807, 2.05) is 31.2 Å². The summed E-state index contributed by atoms with van der Waals surface area (Å²) < 4.78 is 14.4. The van der Waals surface area contributed by atoms with Gasteiger partial charge in [0.25, 0.3) is 11.5 Å². The normalized spacial score (nSPS) is 10.7. The zero-order valence-corrected chi connectivity index (χ0v) is 18.1. The molecule has 0 radical (unpaired) electrons. The first-order valence-corrected chi connectivity index (χ1v) is 10.8. The molecule has 32 heavy (non-hydrogen) atoms. The fourth-order valence-electron chi connectivity index (χ4n) is 3.00. The third kappa shape index (κ3) is 5.31. The molecule has 7 heteroatoms. The third-order valence-electron chi connectivity index (χ3n) is 4.76. The first kappa shape index (κ1) is 21.5. The second-order valence-corrected chi connectivity index (χ2v) is 8.29. The lowest BCUT2D eigenvalue weighted by molar-refractivity contribution is 0.0951. The molecule has 0 aliphatic heterocycles. The number of hydrogen-bond acceptors (Lipinski definition) is 4. The van der Waals surface area contributed by atoms with Crippen LogP contribution in [0.15, 0.2) is 99.6 Å². The molecule has 0 spiro atoms. The van der Waals surface area contributed by atoms with Crippen molar-refractivity contribution in [2.24, 2.45) is 0 Å². The summed E-state index contributed by atoms with van der Waals surface area (Å²) in [6.45, 7) is 2.45. The van der Waals surface area contributed by atoms with Crippen LogP contribution < -0.4 is 10.9 Å². The maximum Gasteiger partial charge on any atom is 0.271 e. The molecular weight excluding hydrogens is 425 g/mol. The summed E-state index contributed by atoms with van der Waals surface area (Å²) in [6.07, 6.45) is 0. The highest BCUT2D eigenvalue weighted by Crippen LogP contribution is 2.25. The summed E-state index contributed by atoms with van der Waals surface area (Å²) in [6, 6.07) is 23.8. The molecular formula is C25H20FN3O2S. The maximum atomic E-state index is 13.1. The van der Waals surface area contributed by atoms with Crippen LogP contribution >= 0.6 is 11.8 Å². The molecule has 4 rings (SSSR count). The smallest absolute Gasteiger partial charge is 0.271 e. The van der Waals surface area contributed by atoms with Crippen LogP contribution in [0.3, 0.4) is 0 Å². The molecule has 1 heterocycles. The van der Waals surface area contributed by atoms with Gasteiger partial charge in [0.2, 0.25) is 0 Å². The molecule has 0 aliphatic carbocycles. The van der Waals surface area contributed by atoms with Crippen molar-refractivity contribution in [2.75, 3.05) is 0 Å². The summed E-state index contributed by atoms with van der Waals surface area (Å²) >= 11 is 1.33. The van der Waals surface area contributed by atoms with Crippen LogP contribution in [-0.2, 0) is 6.54 Å². The van der Waals surface area contributed by atoms with Gasteiger partial charge in [0.1, 0.15) is 10.8 Å². The molecule has 160 valence electrons. The van der Waals surface area contributed by atoms with Gasteiger partial charge < -0.3 is 5.32 Å². The molecule has 5 nitrogen and oxygen atoms in total. The first-order valence-electron chi connectivity index (χ1n) is 9.96. The van der Waals surface area contributed by atoms with E-state index < -0.39 is 0 Å². The molecule has 0 bridgehead atoms. The van der Waals surface area contributed by atoms with Crippen LogP contribution in [0.25, 0.3) is 5.69 Å². The Morgan fingerprint density at radius 3 is 2.31 bits per heavy atom. The zero-order valence-electron chi connectivity index (χ0n) is 17.3. The Labute approximate surface area is 188 Å². The number of amides is 1. The van der Waals surface area contributed by atoms with Crippen molar-refractivity contribution in [3.63, 3.8) is 0 Å². The average molecular weight is 446 g/mol. The van der Waals surface area contributed by atoms with Gasteiger partial charge in [-0.3, -0.25) is 9.59 Å². The fraction of sp³-hybridized carbons (Fsp3) is 0.0800. The standard InChI is InChI=1S/C25H20FN3O2S/c1-17-2-4-18(5-3-17)16-27-25(31)19-6-10-21(11-7-19)29-24(30)15-14-23(28-29)32-22-12-8-20(26)9-13-22/h2-15H,16H2,1H3,(H,27,31). The van der Waals surface area contributed by atoms with Crippen LogP contribution in [0.2, 0.25) is 0 Å². The van der Waals surface area contributed by atoms with Crippen LogP contribution in [0.1, 0.15) is 21.5 Å². The minimum Gasteiger partial charge on any atom is -0.348 e. The monoisotopic (exact) mass is 445 g/mol. The number of aromatic nitrogens is 2. The van der Waals surface area contributed by atoms with E-state index in [1.165, 1.54) is 40.2 Å². The molecule has 1 N–H and O–H groups in total. The lowest BCUT2D eigenvalue weighted by Crippen LogP contribution is -2.23. The topological polar surface area (TPSA) is 64.0 Å². The van der Waals surface area contributed by atoms with Gasteiger partial charge in [-0.05, 0) is 67.1 Å². The molecule has 0 saturated heterocycles. The lowest BCUT2D eigenvalue weighted by atomic mass is 10.1. The van der Waals surface area contributed by atoms with E-state index in [1.54, 1.807) is 42.5 Å². The van der Waals surface area contributed by atoms with Gasteiger partial charge in [0, 0.05) is 23.1 Å². The highest BCUT2D eigenvalue weighted by Gasteiger charge is 2.09. The SMILES string of the molecule is Cc1ccc(CNC(=O)c2ccc(-n3nc(Sc4ccc(F)cc4)ccc3=O)cc2)cc1. The first-order chi connectivity index (χ1) is 15.5. The maximum absolute atomic E-state index is 13.1. The summed E-state index contributed by atoms with van der Waals surface area (Å²) in [5.41, 5.74) is 2.94. The zero-order chi connectivity index (χ0) is 22.5. The Balaban J connectivity index is 1.47. The van der Waals surface area contributed by atoms with Crippen molar-refractivity contribution in [1.82, 2.24) is 15.1 Å². The van der Waals surface area contributed by atoms with Crippen molar-refractivity contribution in [2.45, 2.75) is 23.4 Å². The molecule has 3 aromatic carbocycles. The minimum atomic E-state index is -0.310. The van der Waals surface area contributed by atoms with Crippen molar-refractivity contribution in [3.8, 4) is 5.69 Å². The fourth-order valence-corrected chi connectivity index (χ4v) is 3.77. The number of nitrogens with one attached hydrogen (secondary N) is 1. The number of carbonyl (C=O) groups is 1. The van der Waals surface area contributed by atoms with Gasteiger partial charge in [-0.25, -0.2) is 4.39 Å². The van der Waals surface area contributed by atoms with Crippen LogP contribution in [0, 0.1) is 12.7 Å². The van der Waals surface area contributed by atoms with Gasteiger partial charge >= 0.3 is 0 Å². The van der Waals surface area contributed by atoms with E-state index >= 15 is 0 Å². The van der Waals surface area contributed by atoms with Crippen molar-refractivity contribution in [1.29, 1.82) is 0 Å². The van der Waals surface area contributed by atoms with E-state index in [0.29, 0.717) is 22.8 Å². The van der Waals surface area contributed by atoms with Gasteiger partial charge in [0.15, 0.2) is 0 Å². The van der Waals surface area contributed by atoms with Crippen molar-refractivity contribution in [3.05, 3.63) is 118 Å². The predicted molar refractivity (Wildman–Crippen MR) is 123 cm³/mol. The van der Waals surface area contributed by atoms with Crippen LogP contribution in [0.5, 0.6) is 0 Å². The van der Waals surface area contributed by atoms with Gasteiger partial charge in [-0.15, -0.1) is 0 Å². The molecule has 0 unspecified atom stereocenters. The van der Waals surface area contributed by atoms with E-state index in [9.17, 15) is 14.0 Å². The number of rotatable bonds is 6. The predicted octanol–water partition coefficient (Wildman–Crippen LogP) is 4.76. The number of hydrogen-bond donors (Lipinski definition) is 1. The number of nitrogens with zero attached hydrogens (tertiary/aromatic N) is 2. The van der Waals surface area contributed by atoms with E-state index in [2.05, 4.69) is 10.4 Å². The number of aryl methyl sites for hydroxylation is 1. The van der Waals surface area contributed by atoms with Gasteiger partial charge in [-0.2, -0.15) is 9.78 Å². The summed E-state index contributed by atoms with van der Waals surface area (Å²) in [4.78, 5) is 25.6. The largest absolute Gasteiger partial charge is 0.348 e. The Kier molecular flexibility index (Phi) is 6.47. The van der Waals surface area contributed by atoms with E-state index in [0.717, 1.165) is 10.5 Å². The molecule has 1 aromatic heterocycles. The van der Waals surface area contributed by atoms with Crippen LogP contribution in [-0.4, -0.2) is 15.7 Å².